The topological polar surface area (TPSA) is 197 Å². The molecule has 0 saturated carbocycles. The molecule has 1 aromatic heterocycles. The van der Waals surface area contributed by atoms with Crippen molar-refractivity contribution in [2.45, 2.75) is 83.0 Å². The van der Waals surface area contributed by atoms with Gasteiger partial charge in [-0.2, -0.15) is 0 Å². The van der Waals surface area contributed by atoms with Crippen LogP contribution in [0.4, 0.5) is 0 Å². The second-order valence-corrected chi connectivity index (χ2v) is 9.13. The molecule has 3 amide bonds. The van der Waals surface area contributed by atoms with E-state index in [4.69, 9.17) is 11.5 Å². The molecule has 0 bridgehead atoms. The zero-order chi connectivity index (χ0) is 26.0. The van der Waals surface area contributed by atoms with Crippen molar-refractivity contribution in [3.63, 3.8) is 0 Å². The Balaban J connectivity index is 2.18. The Kier molecular flexibility index (Phi) is 11.1. The normalized spacial score (nSPS) is 19.0. The molecular weight excluding hydrogens is 454 g/mol. The molecule has 1 aliphatic rings. The number of nitrogens with zero attached hydrogens (tertiary/aromatic N) is 2. The van der Waals surface area contributed by atoms with Crippen LogP contribution in [0.15, 0.2) is 12.5 Å². The Morgan fingerprint density at radius 1 is 1.26 bits per heavy atom. The van der Waals surface area contributed by atoms with Gasteiger partial charge in [-0.25, -0.2) is 9.78 Å². The molecule has 12 heteroatoms. The number of hydrogen-bond donors (Lipinski definition) is 6. The summed E-state index contributed by atoms with van der Waals surface area (Å²) in [6, 6.07) is -3.63. The third kappa shape index (κ3) is 8.03. The summed E-state index contributed by atoms with van der Waals surface area (Å²) >= 11 is 0. The predicted molar refractivity (Wildman–Crippen MR) is 129 cm³/mol. The van der Waals surface area contributed by atoms with Gasteiger partial charge in [-0.15, -0.1) is 0 Å². The molecule has 5 atom stereocenters. The number of unbranched alkanes of at least 4 members (excludes halogenated alkanes) is 1. The number of carbonyl (C=O) groups is 4. The molecule has 1 aliphatic heterocycles. The number of aromatic nitrogens is 2. The summed E-state index contributed by atoms with van der Waals surface area (Å²) in [4.78, 5) is 59.2. The smallest absolute Gasteiger partial charge is 0.326 e. The van der Waals surface area contributed by atoms with Crippen LogP contribution >= 0.6 is 0 Å². The van der Waals surface area contributed by atoms with Crippen molar-refractivity contribution in [3.05, 3.63) is 18.2 Å². The number of likely N-dealkylation sites (tertiary alicyclic amines) is 1. The molecule has 2 heterocycles. The first kappa shape index (κ1) is 28.2. The van der Waals surface area contributed by atoms with Crippen LogP contribution in [0.1, 0.15) is 58.1 Å². The Bertz CT molecular complexity index is 847. The maximum atomic E-state index is 13.4. The van der Waals surface area contributed by atoms with E-state index in [0.29, 0.717) is 50.9 Å². The van der Waals surface area contributed by atoms with Gasteiger partial charge in [-0.1, -0.05) is 26.7 Å². The highest BCUT2D eigenvalue weighted by molar-refractivity contribution is 5.94. The Hall–Kier alpha value is -2.99. The zero-order valence-corrected chi connectivity index (χ0v) is 20.5. The molecule has 1 saturated heterocycles. The van der Waals surface area contributed by atoms with Crippen LogP contribution in [0.5, 0.6) is 0 Å². The first-order valence-corrected chi connectivity index (χ1v) is 12.3. The Morgan fingerprint density at radius 2 is 2.00 bits per heavy atom. The van der Waals surface area contributed by atoms with Crippen LogP contribution in [-0.4, -0.2) is 80.9 Å². The summed E-state index contributed by atoms with van der Waals surface area (Å²) in [5.41, 5.74) is 12.1. The van der Waals surface area contributed by atoms with Crippen molar-refractivity contribution in [1.82, 2.24) is 25.5 Å². The van der Waals surface area contributed by atoms with Gasteiger partial charge in [0, 0.05) is 24.9 Å². The van der Waals surface area contributed by atoms with Gasteiger partial charge >= 0.3 is 5.97 Å². The molecule has 0 aromatic carbocycles. The number of carboxylic acids is 1. The van der Waals surface area contributed by atoms with Gasteiger partial charge in [0.2, 0.25) is 17.7 Å². The molecule has 35 heavy (non-hydrogen) atoms. The number of imidazole rings is 1. The second-order valence-electron chi connectivity index (χ2n) is 9.13. The summed E-state index contributed by atoms with van der Waals surface area (Å²) in [6.07, 6.45) is 6.54. The lowest BCUT2D eigenvalue weighted by Crippen LogP contribution is -2.59. The van der Waals surface area contributed by atoms with Crippen LogP contribution in [-0.2, 0) is 25.6 Å². The van der Waals surface area contributed by atoms with Crippen LogP contribution < -0.4 is 22.1 Å². The lowest BCUT2D eigenvalue weighted by molar-refractivity contribution is -0.149. The molecule has 1 aromatic rings. The molecule has 12 nitrogen and oxygen atoms in total. The average molecular weight is 494 g/mol. The van der Waals surface area contributed by atoms with E-state index in [1.54, 1.807) is 6.20 Å². The SMILES string of the molecule is CCC(C)C(NC(=O)C(N)CCCCN)C(=O)NC(Cc1cnc[nH]1)C(=O)N1CCCC1C(=O)O. The van der Waals surface area contributed by atoms with Crippen LogP contribution in [0.2, 0.25) is 0 Å². The van der Waals surface area contributed by atoms with E-state index >= 15 is 0 Å². The number of hydrogen-bond acceptors (Lipinski definition) is 7. The molecule has 0 radical (unpaired) electrons. The summed E-state index contributed by atoms with van der Waals surface area (Å²) in [5, 5.41) is 15.0. The largest absolute Gasteiger partial charge is 0.480 e. The fourth-order valence-electron chi connectivity index (χ4n) is 4.17. The molecule has 0 aliphatic carbocycles. The number of nitrogens with two attached hydrogens (primary N) is 2. The monoisotopic (exact) mass is 493 g/mol. The van der Waals surface area contributed by atoms with E-state index < -0.39 is 47.9 Å². The van der Waals surface area contributed by atoms with E-state index in [1.807, 2.05) is 13.8 Å². The Labute approximate surface area is 205 Å². The van der Waals surface area contributed by atoms with E-state index in [0.717, 1.165) is 6.42 Å². The van der Waals surface area contributed by atoms with Gasteiger partial charge in [-0.05, 0) is 38.1 Å². The maximum Gasteiger partial charge on any atom is 0.326 e. The van der Waals surface area contributed by atoms with E-state index in [2.05, 4.69) is 20.6 Å². The van der Waals surface area contributed by atoms with E-state index in [9.17, 15) is 24.3 Å². The van der Waals surface area contributed by atoms with Crippen molar-refractivity contribution in [2.75, 3.05) is 13.1 Å². The van der Waals surface area contributed by atoms with Gasteiger partial charge in [0.15, 0.2) is 0 Å². The minimum absolute atomic E-state index is 0.104. The average Bonchev–Trinajstić information content (AvgIpc) is 3.53. The minimum Gasteiger partial charge on any atom is -0.480 e. The van der Waals surface area contributed by atoms with Gasteiger partial charge in [0.1, 0.15) is 18.1 Å². The molecule has 0 spiro atoms. The van der Waals surface area contributed by atoms with Gasteiger partial charge in [-0.3, -0.25) is 14.4 Å². The fraction of sp³-hybridized carbons (Fsp3) is 0.696. The van der Waals surface area contributed by atoms with E-state index in [1.165, 1.54) is 11.2 Å². The molecule has 5 unspecified atom stereocenters. The van der Waals surface area contributed by atoms with Gasteiger partial charge in [0.25, 0.3) is 0 Å². The fourth-order valence-corrected chi connectivity index (χ4v) is 4.17. The summed E-state index contributed by atoms with van der Waals surface area (Å²) in [6.45, 7) is 4.54. The molecule has 196 valence electrons. The van der Waals surface area contributed by atoms with Crippen molar-refractivity contribution in [2.24, 2.45) is 17.4 Å². The predicted octanol–water partition coefficient (Wildman–Crippen LogP) is -0.500. The number of carbonyl (C=O) groups excluding carboxylic acids is 3. The summed E-state index contributed by atoms with van der Waals surface area (Å²) < 4.78 is 0. The summed E-state index contributed by atoms with van der Waals surface area (Å²) in [7, 11) is 0. The molecule has 2 rings (SSSR count). The first-order valence-electron chi connectivity index (χ1n) is 12.3. The van der Waals surface area contributed by atoms with Crippen LogP contribution in [0.25, 0.3) is 0 Å². The van der Waals surface area contributed by atoms with Crippen molar-refractivity contribution in [1.29, 1.82) is 0 Å². The number of rotatable bonds is 14. The van der Waals surface area contributed by atoms with Gasteiger partial charge < -0.3 is 37.1 Å². The van der Waals surface area contributed by atoms with Crippen molar-refractivity contribution >= 4 is 23.7 Å². The van der Waals surface area contributed by atoms with Crippen molar-refractivity contribution in [3.8, 4) is 0 Å². The zero-order valence-electron chi connectivity index (χ0n) is 20.5. The second kappa shape index (κ2) is 13.8. The number of amides is 3. The minimum atomic E-state index is -1.07. The number of aromatic amines is 1. The molecule has 1 fully saturated rings. The number of H-pyrrole nitrogens is 1. The number of aliphatic carboxylic acids is 1. The quantitative estimate of drug-likeness (QED) is 0.186. The third-order valence-electron chi connectivity index (χ3n) is 6.51. The Morgan fingerprint density at radius 3 is 2.60 bits per heavy atom. The van der Waals surface area contributed by atoms with E-state index in [-0.39, 0.29) is 12.3 Å². The highest BCUT2D eigenvalue weighted by atomic mass is 16.4. The standard InChI is InChI=1S/C23H39N7O5/c1-3-14(2)19(29-20(31)16(25)7-4-5-9-24)21(32)28-17(11-15-12-26-13-27-15)22(33)30-10-6-8-18(30)23(34)35/h12-14,16-19H,3-11,24-25H2,1-2H3,(H,26,27)(H,28,32)(H,29,31)(H,34,35). The molecular formula is C23H39N7O5. The maximum absolute atomic E-state index is 13.4. The molecule has 8 N–H and O–H groups in total. The van der Waals surface area contributed by atoms with Crippen LogP contribution in [0, 0.1) is 5.92 Å². The summed E-state index contributed by atoms with van der Waals surface area (Å²) in [5.74, 6) is -2.74. The van der Waals surface area contributed by atoms with Gasteiger partial charge in [0.05, 0.1) is 12.4 Å². The lowest BCUT2D eigenvalue weighted by Gasteiger charge is -2.30. The highest BCUT2D eigenvalue weighted by Crippen LogP contribution is 2.20. The number of carboxylic acid groups (broad SMARTS) is 1. The first-order chi connectivity index (χ1) is 16.7. The highest BCUT2D eigenvalue weighted by Gasteiger charge is 2.39. The third-order valence-corrected chi connectivity index (χ3v) is 6.51. The van der Waals surface area contributed by atoms with Crippen LogP contribution in [0.3, 0.4) is 0 Å². The lowest BCUT2D eigenvalue weighted by atomic mass is 9.96. The van der Waals surface area contributed by atoms with Crippen molar-refractivity contribution < 1.29 is 24.3 Å². The number of nitrogens with one attached hydrogen (secondary N) is 3.